The molecule has 0 bridgehead atoms. The summed E-state index contributed by atoms with van der Waals surface area (Å²) in [7, 11) is 1.56. The maximum Gasteiger partial charge on any atom is 0.417 e. The highest BCUT2D eigenvalue weighted by Crippen LogP contribution is 2.32. The Bertz CT molecular complexity index is 1440. The van der Waals surface area contributed by atoms with Crippen molar-refractivity contribution in [3.05, 3.63) is 125 Å². The fourth-order valence-electron chi connectivity index (χ4n) is 3.69. The van der Waals surface area contributed by atoms with Gasteiger partial charge >= 0.3 is 6.18 Å². The van der Waals surface area contributed by atoms with Crippen molar-refractivity contribution >= 4 is 12.1 Å². The molecule has 200 valence electrons. The summed E-state index contributed by atoms with van der Waals surface area (Å²) in [5.74, 6) is 0.651. The van der Waals surface area contributed by atoms with Gasteiger partial charge in [0.05, 0.1) is 24.5 Å². The number of nitrogens with one attached hydrogen (secondary N) is 1. The lowest BCUT2D eigenvalue weighted by atomic mass is 10.1. The molecule has 0 heterocycles. The van der Waals surface area contributed by atoms with E-state index < -0.39 is 23.2 Å². The molecule has 39 heavy (non-hydrogen) atoms. The van der Waals surface area contributed by atoms with Gasteiger partial charge in [-0.05, 0) is 47.5 Å². The van der Waals surface area contributed by atoms with E-state index in [4.69, 9.17) is 14.2 Å². The maximum absolute atomic E-state index is 13.2. The van der Waals surface area contributed by atoms with E-state index in [9.17, 15) is 18.0 Å². The van der Waals surface area contributed by atoms with Gasteiger partial charge in [0.2, 0.25) is 0 Å². The van der Waals surface area contributed by atoms with E-state index in [0.717, 1.165) is 23.3 Å². The van der Waals surface area contributed by atoms with Crippen molar-refractivity contribution in [2.24, 2.45) is 5.10 Å². The van der Waals surface area contributed by atoms with E-state index in [1.54, 1.807) is 31.4 Å². The number of carbonyl (C=O) groups excluding carboxylic acids is 1. The van der Waals surface area contributed by atoms with Crippen molar-refractivity contribution in [3.63, 3.8) is 0 Å². The summed E-state index contributed by atoms with van der Waals surface area (Å²) in [5, 5.41) is 3.83. The van der Waals surface area contributed by atoms with Gasteiger partial charge in [-0.1, -0.05) is 60.7 Å². The number of nitrogens with zero attached hydrogens (tertiary/aromatic N) is 1. The number of carbonyl (C=O) groups is 1. The Kier molecular flexibility index (Phi) is 8.83. The van der Waals surface area contributed by atoms with Crippen molar-refractivity contribution < 1.29 is 32.2 Å². The number of benzene rings is 4. The summed E-state index contributed by atoms with van der Waals surface area (Å²) >= 11 is 0. The minimum Gasteiger partial charge on any atom is -0.493 e. The number of rotatable bonds is 10. The summed E-state index contributed by atoms with van der Waals surface area (Å²) in [6.45, 7) is 0.601. The van der Waals surface area contributed by atoms with Gasteiger partial charge in [0.25, 0.3) is 5.91 Å². The molecule has 0 atom stereocenters. The minimum atomic E-state index is -4.66. The normalized spacial score (nSPS) is 11.3. The van der Waals surface area contributed by atoms with E-state index in [1.807, 2.05) is 48.5 Å². The van der Waals surface area contributed by atoms with Gasteiger partial charge in [0.15, 0.2) is 11.5 Å². The number of hydrogen-bond donors (Lipinski definition) is 1. The van der Waals surface area contributed by atoms with Crippen LogP contribution in [-0.4, -0.2) is 19.2 Å². The van der Waals surface area contributed by atoms with Crippen molar-refractivity contribution in [1.29, 1.82) is 0 Å². The first kappa shape index (κ1) is 27.3. The summed E-state index contributed by atoms with van der Waals surface area (Å²) in [5.41, 5.74) is 2.98. The van der Waals surface area contributed by atoms with E-state index >= 15 is 0 Å². The van der Waals surface area contributed by atoms with Crippen LogP contribution in [0.5, 0.6) is 17.2 Å². The Morgan fingerprint density at radius 2 is 1.46 bits per heavy atom. The third kappa shape index (κ3) is 7.38. The summed E-state index contributed by atoms with van der Waals surface area (Å²) in [4.78, 5) is 12.3. The SMILES string of the molecule is COc1cc(COc2ccccc2/C=N/NC(=O)c2ccccc2C(F)(F)F)ccc1OCc1ccccc1. The third-order valence-corrected chi connectivity index (χ3v) is 5.63. The Balaban J connectivity index is 1.39. The maximum atomic E-state index is 13.2. The molecule has 4 aromatic carbocycles. The lowest BCUT2D eigenvalue weighted by Crippen LogP contribution is -2.22. The molecule has 6 nitrogen and oxygen atoms in total. The quantitative estimate of drug-likeness (QED) is 0.183. The second-order valence-corrected chi connectivity index (χ2v) is 8.33. The predicted octanol–water partition coefficient (Wildman–Crippen LogP) is 6.64. The van der Waals surface area contributed by atoms with Crippen LogP contribution < -0.4 is 19.6 Å². The van der Waals surface area contributed by atoms with Crippen molar-refractivity contribution in [1.82, 2.24) is 5.43 Å². The first-order valence-corrected chi connectivity index (χ1v) is 11.9. The van der Waals surface area contributed by atoms with Crippen LogP contribution in [0, 0.1) is 0 Å². The smallest absolute Gasteiger partial charge is 0.417 e. The summed E-state index contributed by atoms with van der Waals surface area (Å²) < 4.78 is 56.9. The standard InChI is InChI=1S/C30H25F3N2O4/c1-37-28-17-22(15-16-27(28)39-19-21-9-3-2-4-10-21)20-38-26-14-8-5-11-23(26)18-34-35-29(36)24-12-6-7-13-25(24)30(31,32)33/h2-18H,19-20H2,1H3,(H,35,36)/b34-18+. The number of hydrazone groups is 1. The molecule has 1 N–H and O–H groups in total. The molecule has 0 aliphatic carbocycles. The monoisotopic (exact) mass is 534 g/mol. The van der Waals surface area contributed by atoms with E-state index in [0.29, 0.717) is 29.4 Å². The molecule has 1 amide bonds. The Morgan fingerprint density at radius 3 is 2.23 bits per heavy atom. The van der Waals surface area contributed by atoms with Crippen molar-refractivity contribution in [2.45, 2.75) is 19.4 Å². The molecule has 0 saturated carbocycles. The Hall–Kier alpha value is -4.79. The highest BCUT2D eigenvalue weighted by Gasteiger charge is 2.34. The topological polar surface area (TPSA) is 69.2 Å². The van der Waals surface area contributed by atoms with Crippen molar-refractivity contribution in [2.75, 3.05) is 7.11 Å². The van der Waals surface area contributed by atoms with Crippen molar-refractivity contribution in [3.8, 4) is 17.2 Å². The first-order valence-electron chi connectivity index (χ1n) is 11.9. The Morgan fingerprint density at radius 1 is 0.795 bits per heavy atom. The van der Waals surface area contributed by atoms with Crippen LogP contribution in [-0.2, 0) is 19.4 Å². The second kappa shape index (κ2) is 12.6. The van der Waals surface area contributed by atoms with Gasteiger partial charge in [-0.3, -0.25) is 4.79 Å². The highest BCUT2D eigenvalue weighted by atomic mass is 19.4. The molecule has 0 spiro atoms. The summed E-state index contributed by atoms with van der Waals surface area (Å²) in [6, 6.07) is 26.7. The molecule has 0 fully saturated rings. The number of halogens is 3. The fourth-order valence-corrected chi connectivity index (χ4v) is 3.69. The zero-order chi connectivity index (χ0) is 27.7. The van der Waals surface area contributed by atoms with Crippen LogP contribution >= 0.6 is 0 Å². The number of hydrogen-bond acceptors (Lipinski definition) is 5. The molecular formula is C30H25F3N2O4. The number of ether oxygens (including phenoxy) is 3. The predicted molar refractivity (Wildman–Crippen MR) is 141 cm³/mol. The van der Waals surface area contributed by atoms with Crippen LogP contribution in [0.25, 0.3) is 0 Å². The van der Waals surface area contributed by atoms with Crippen LogP contribution in [0.3, 0.4) is 0 Å². The van der Waals surface area contributed by atoms with Crippen LogP contribution in [0.2, 0.25) is 0 Å². The molecule has 0 aliphatic heterocycles. The number of methoxy groups -OCH3 is 1. The van der Waals surface area contributed by atoms with Crippen LogP contribution in [0.1, 0.15) is 32.6 Å². The van der Waals surface area contributed by atoms with Crippen LogP contribution in [0.15, 0.2) is 102 Å². The van der Waals surface area contributed by atoms with Gasteiger partial charge in [0, 0.05) is 5.56 Å². The summed E-state index contributed by atoms with van der Waals surface area (Å²) in [6.07, 6.45) is -3.35. The van der Waals surface area contributed by atoms with Gasteiger partial charge in [-0.25, -0.2) is 5.43 Å². The highest BCUT2D eigenvalue weighted by molar-refractivity contribution is 5.96. The van der Waals surface area contributed by atoms with Gasteiger partial charge in [-0.15, -0.1) is 0 Å². The molecule has 0 radical (unpaired) electrons. The fraction of sp³-hybridized carbons (Fsp3) is 0.133. The molecule has 4 aromatic rings. The number of amides is 1. The molecule has 0 saturated heterocycles. The average molecular weight is 535 g/mol. The number of para-hydroxylation sites is 1. The molecule has 0 aromatic heterocycles. The van der Waals surface area contributed by atoms with Crippen LogP contribution in [0.4, 0.5) is 13.2 Å². The molecule has 9 heteroatoms. The zero-order valence-electron chi connectivity index (χ0n) is 20.9. The van der Waals surface area contributed by atoms with Gasteiger partial charge < -0.3 is 14.2 Å². The lowest BCUT2D eigenvalue weighted by Gasteiger charge is -2.13. The van der Waals surface area contributed by atoms with E-state index in [-0.39, 0.29) is 6.61 Å². The third-order valence-electron chi connectivity index (χ3n) is 5.63. The van der Waals surface area contributed by atoms with E-state index in [1.165, 1.54) is 18.3 Å². The van der Waals surface area contributed by atoms with Gasteiger partial charge in [-0.2, -0.15) is 18.3 Å². The number of alkyl halides is 3. The Labute approximate surface area is 223 Å². The largest absolute Gasteiger partial charge is 0.493 e. The zero-order valence-corrected chi connectivity index (χ0v) is 20.9. The first-order chi connectivity index (χ1) is 18.8. The minimum absolute atomic E-state index is 0.200. The average Bonchev–Trinajstić information content (AvgIpc) is 2.95. The molecule has 0 aliphatic rings. The van der Waals surface area contributed by atoms with Gasteiger partial charge in [0.1, 0.15) is 19.0 Å². The molecule has 4 rings (SSSR count). The second-order valence-electron chi connectivity index (χ2n) is 8.33. The molecular weight excluding hydrogens is 509 g/mol. The molecule has 0 unspecified atom stereocenters. The van der Waals surface area contributed by atoms with E-state index in [2.05, 4.69) is 10.5 Å². The lowest BCUT2D eigenvalue weighted by molar-refractivity contribution is -0.137.